The molecule has 0 saturated heterocycles. The summed E-state index contributed by atoms with van der Waals surface area (Å²) in [5.41, 5.74) is 1.15. The normalized spacial score (nSPS) is 25.3. The number of ketones is 1. The molecular formula is C20H25NO4. The van der Waals surface area contributed by atoms with E-state index in [1.807, 2.05) is 30.3 Å². The number of fused-ring (bicyclic) bond motifs is 2. The van der Waals surface area contributed by atoms with Gasteiger partial charge in [0.25, 0.3) is 5.91 Å². The van der Waals surface area contributed by atoms with E-state index in [9.17, 15) is 14.4 Å². The summed E-state index contributed by atoms with van der Waals surface area (Å²) in [5.74, 6) is -0.479. The van der Waals surface area contributed by atoms with Crippen LogP contribution >= 0.6 is 0 Å². The lowest BCUT2D eigenvalue weighted by atomic mass is 9.67. The standard InChI is InChI=1S/C20H25NO4/c22-18(21-10-9-14-5-2-1-3-6-14)13-25-20(24)17-11-15-7-4-8-16(12-17)19(15)23/h1-3,5-6,15-17H,4,7-13H2,(H,21,22)/t15-,16+,17?. The molecule has 2 fully saturated rings. The maximum Gasteiger partial charge on any atom is 0.309 e. The molecule has 25 heavy (non-hydrogen) atoms. The molecule has 1 aromatic rings. The summed E-state index contributed by atoms with van der Waals surface area (Å²) in [6.45, 7) is 0.274. The van der Waals surface area contributed by atoms with E-state index in [1.165, 1.54) is 0 Å². The number of ether oxygens (including phenoxy) is 1. The highest BCUT2D eigenvalue weighted by atomic mass is 16.5. The Kier molecular flexibility index (Phi) is 5.84. The van der Waals surface area contributed by atoms with Gasteiger partial charge in [0.15, 0.2) is 6.61 Å². The van der Waals surface area contributed by atoms with Crippen molar-refractivity contribution >= 4 is 17.7 Å². The van der Waals surface area contributed by atoms with E-state index < -0.39 is 0 Å². The molecule has 0 aliphatic heterocycles. The molecule has 5 heteroatoms. The second kappa shape index (κ2) is 8.28. The molecule has 1 unspecified atom stereocenters. The van der Waals surface area contributed by atoms with Crippen molar-refractivity contribution in [3.05, 3.63) is 35.9 Å². The zero-order valence-electron chi connectivity index (χ0n) is 14.4. The molecule has 2 aliphatic rings. The first-order valence-electron chi connectivity index (χ1n) is 9.14. The van der Waals surface area contributed by atoms with Gasteiger partial charge in [0.2, 0.25) is 0 Å². The maximum atomic E-state index is 12.2. The summed E-state index contributed by atoms with van der Waals surface area (Å²) in [7, 11) is 0. The fraction of sp³-hybridized carbons (Fsp3) is 0.550. The van der Waals surface area contributed by atoms with Gasteiger partial charge in [0, 0.05) is 18.4 Å². The first-order valence-corrected chi connectivity index (χ1v) is 9.14. The fourth-order valence-corrected chi connectivity index (χ4v) is 3.97. The molecule has 1 aromatic carbocycles. The predicted molar refractivity (Wildman–Crippen MR) is 92.7 cm³/mol. The maximum absolute atomic E-state index is 12.2. The van der Waals surface area contributed by atoms with Crippen molar-refractivity contribution in [1.82, 2.24) is 5.32 Å². The van der Waals surface area contributed by atoms with E-state index in [-0.39, 0.29) is 36.2 Å². The minimum Gasteiger partial charge on any atom is -0.455 e. The zero-order valence-corrected chi connectivity index (χ0v) is 14.4. The number of carbonyl (C=O) groups excluding carboxylic acids is 3. The van der Waals surface area contributed by atoms with Gasteiger partial charge in [-0.3, -0.25) is 14.4 Å². The Balaban J connectivity index is 1.37. The molecular weight excluding hydrogens is 318 g/mol. The van der Waals surface area contributed by atoms with Crippen molar-refractivity contribution in [2.24, 2.45) is 17.8 Å². The van der Waals surface area contributed by atoms with Gasteiger partial charge in [-0.05, 0) is 37.7 Å². The topological polar surface area (TPSA) is 72.5 Å². The molecule has 1 amide bonds. The predicted octanol–water partition coefficient (Wildman–Crippen LogP) is 2.28. The number of Topliss-reactive ketones (excluding diaryl/α,β-unsaturated/α-hetero) is 1. The van der Waals surface area contributed by atoms with Crippen LogP contribution in [0.25, 0.3) is 0 Å². The summed E-state index contributed by atoms with van der Waals surface area (Å²) in [4.78, 5) is 36.1. The van der Waals surface area contributed by atoms with Crippen LogP contribution in [0.1, 0.15) is 37.7 Å². The van der Waals surface area contributed by atoms with E-state index in [0.29, 0.717) is 25.2 Å². The SMILES string of the molecule is O=C(COC(=O)C1C[C@H]2CCC[C@@H](C1)C2=O)NCCc1ccccc1. The van der Waals surface area contributed by atoms with Crippen LogP contribution in [0, 0.1) is 17.8 Å². The fourth-order valence-electron chi connectivity index (χ4n) is 3.97. The first kappa shape index (κ1) is 17.6. The van der Waals surface area contributed by atoms with Gasteiger partial charge in [-0.1, -0.05) is 36.8 Å². The Labute approximate surface area is 148 Å². The third-order valence-corrected chi connectivity index (χ3v) is 5.31. The molecule has 3 atom stereocenters. The Morgan fingerprint density at radius 1 is 1.08 bits per heavy atom. The van der Waals surface area contributed by atoms with Crippen LogP contribution in [0.5, 0.6) is 0 Å². The highest BCUT2D eigenvalue weighted by Gasteiger charge is 2.41. The quantitative estimate of drug-likeness (QED) is 0.805. The van der Waals surface area contributed by atoms with Crippen LogP contribution in [-0.2, 0) is 25.5 Å². The minimum absolute atomic E-state index is 0.0183. The van der Waals surface area contributed by atoms with Crippen molar-refractivity contribution < 1.29 is 19.1 Å². The van der Waals surface area contributed by atoms with E-state index in [1.54, 1.807) is 0 Å². The first-order chi connectivity index (χ1) is 12.1. The molecule has 2 bridgehead atoms. The van der Waals surface area contributed by atoms with Crippen molar-refractivity contribution in [3.63, 3.8) is 0 Å². The van der Waals surface area contributed by atoms with E-state index >= 15 is 0 Å². The van der Waals surface area contributed by atoms with E-state index in [0.717, 1.165) is 31.2 Å². The van der Waals surface area contributed by atoms with Crippen molar-refractivity contribution in [2.75, 3.05) is 13.2 Å². The van der Waals surface area contributed by atoms with Crippen LogP contribution in [0.3, 0.4) is 0 Å². The zero-order chi connectivity index (χ0) is 17.6. The Hall–Kier alpha value is -2.17. The lowest BCUT2D eigenvalue weighted by Gasteiger charge is -2.36. The van der Waals surface area contributed by atoms with Gasteiger partial charge in [-0.25, -0.2) is 0 Å². The number of carbonyl (C=O) groups is 3. The van der Waals surface area contributed by atoms with Crippen molar-refractivity contribution in [2.45, 2.75) is 38.5 Å². The summed E-state index contributed by atoms with van der Waals surface area (Å²) in [6, 6.07) is 9.89. The number of amides is 1. The van der Waals surface area contributed by atoms with Gasteiger partial charge in [-0.2, -0.15) is 0 Å². The lowest BCUT2D eigenvalue weighted by Crippen LogP contribution is -2.40. The lowest BCUT2D eigenvalue weighted by molar-refractivity contribution is -0.156. The van der Waals surface area contributed by atoms with Gasteiger partial charge < -0.3 is 10.1 Å². The summed E-state index contributed by atoms with van der Waals surface area (Å²) in [5, 5.41) is 2.77. The van der Waals surface area contributed by atoms with Crippen LogP contribution in [0.4, 0.5) is 0 Å². The average Bonchev–Trinajstić information content (AvgIpc) is 2.60. The third kappa shape index (κ3) is 4.68. The molecule has 0 heterocycles. The van der Waals surface area contributed by atoms with Gasteiger partial charge in [-0.15, -0.1) is 0 Å². The molecule has 5 nitrogen and oxygen atoms in total. The summed E-state index contributed by atoms with van der Waals surface area (Å²) >= 11 is 0. The molecule has 2 saturated carbocycles. The summed E-state index contributed by atoms with van der Waals surface area (Å²) in [6.07, 6.45) is 4.77. The molecule has 2 aliphatic carbocycles. The molecule has 0 aromatic heterocycles. The minimum atomic E-state index is -0.331. The second-order valence-corrected chi connectivity index (χ2v) is 7.09. The Morgan fingerprint density at radius 3 is 2.44 bits per heavy atom. The van der Waals surface area contributed by atoms with Gasteiger partial charge >= 0.3 is 5.97 Å². The van der Waals surface area contributed by atoms with Crippen LogP contribution in [0.15, 0.2) is 30.3 Å². The van der Waals surface area contributed by atoms with Crippen molar-refractivity contribution in [1.29, 1.82) is 0 Å². The number of hydrogen-bond donors (Lipinski definition) is 1. The third-order valence-electron chi connectivity index (χ3n) is 5.31. The highest BCUT2D eigenvalue weighted by Crippen LogP contribution is 2.40. The number of hydrogen-bond acceptors (Lipinski definition) is 4. The largest absolute Gasteiger partial charge is 0.455 e. The smallest absolute Gasteiger partial charge is 0.309 e. The highest BCUT2D eigenvalue weighted by molar-refractivity contribution is 5.87. The monoisotopic (exact) mass is 343 g/mol. The number of benzene rings is 1. The van der Waals surface area contributed by atoms with Crippen molar-refractivity contribution in [3.8, 4) is 0 Å². The average molecular weight is 343 g/mol. The molecule has 1 N–H and O–H groups in total. The molecule has 0 radical (unpaired) electrons. The Morgan fingerprint density at radius 2 is 1.76 bits per heavy atom. The van der Waals surface area contributed by atoms with E-state index in [4.69, 9.17) is 4.74 Å². The number of rotatable bonds is 6. The van der Waals surface area contributed by atoms with Gasteiger partial charge in [0.05, 0.1) is 5.92 Å². The van der Waals surface area contributed by atoms with Crippen LogP contribution in [-0.4, -0.2) is 30.8 Å². The van der Waals surface area contributed by atoms with Crippen LogP contribution < -0.4 is 5.32 Å². The van der Waals surface area contributed by atoms with Gasteiger partial charge in [0.1, 0.15) is 5.78 Å². The second-order valence-electron chi connectivity index (χ2n) is 7.09. The summed E-state index contributed by atoms with van der Waals surface area (Å²) < 4.78 is 5.18. The molecule has 134 valence electrons. The Bertz CT molecular complexity index is 612. The molecule has 0 spiro atoms. The van der Waals surface area contributed by atoms with E-state index in [2.05, 4.69) is 5.32 Å². The number of esters is 1. The van der Waals surface area contributed by atoms with Crippen LogP contribution in [0.2, 0.25) is 0 Å². The molecule has 3 rings (SSSR count). The number of nitrogens with one attached hydrogen (secondary N) is 1.